The molecular weight excluding hydrogens is 230 g/mol. The number of furan rings is 1. The lowest BCUT2D eigenvalue weighted by Gasteiger charge is -2.18. The molecule has 0 amide bonds. The molecule has 0 aliphatic rings. The lowest BCUT2D eigenvalue weighted by Crippen LogP contribution is -2.17. The second-order valence-electron chi connectivity index (χ2n) is 4.26. The first-order valence-electron chi connectivity index (χ1n) is 5.65. The monoisotopic (exact) mass is 245 g/mol. The van der Waals surface area contributed by atoms with Gasteiger partial charge in [-0.1, -0.05) is 12.1 Å². The molecule has 1 heterocycles. The minimum Gasteiger partial charge on any atom is -0.478 e. The topological polar surface area (TPSA) is 53.7 Å². The van der Waals surface area contributed by atoms with Crippen LogP contribution in [-0.4, -0.2) is 18.1 Å². The SMILES string of the molecule is Cc1cccc(N(C)Cc2occc2C(=O)O)c1. The third-order valence-electron chi connectivity index (χ3n) is 2.80. The van der Waals surface area contributed by atoms with Crippen molar-refractivity contribution in [3.63, 3.8) is 0 Å². The minimum absolute atomic E-state index is 0.217. The number of aromatic carboxylic acids is 1. The maximum Gasteiger partial charge on any atom is 0.339 e. The van der Waals surface area contributed by atoms with Crippen molar-refractivity contribution in [1.82, 2.24) is 0 Å². The van der Waals surface area contributed by atoms with Gasteiger partial charge in [-0.3, -0.25) is 0 Å². The summed E-state index contributed by atoms with van der Waals surface area (Å²) in [5.74, 6) is -0.497. The molecule has 0 saturated heterocycles. The number of aryl methyl sites for hydroxylation is 1. The first-order chi connectivity index (χ1) is 8.58. The molecule has 4 nitrogen and oxygen atoms in total. The number of anilines is 1. The Labute approximate surface area is 105 Å². The standard InChI is InChI=1S/C14H15NO3/c1-10-4-3-5-11(8-10)15(2)9-13-12(14(16)17)6-7-18-13/h3-8H,9H2,1-2H3,(H,16,17). The first kappa shape index (κ1) is 12.2. The van der Waals surface area contributed by atoms with Crippen LogP contribution in [0.3, 0.4) is 0 Å². The van der Waals surface area contributed by atoms with Crippen molar-refractivity contribution in [2.24, 2.45) is 0 Å². The molecule has 1 aromatic heterocycles. The highest BCUT2D eigenvalue weighted by atomic mass is 16.4. The molecule has 0 radical (unpaired) electrons. The summed E-state index contributed by atoms with van der Waals surface area (Å²) < 4.78 is 5.23. The van der Waals surface area contributed by atoms with Crippen LogP contribution in [0.15, 0.2) is 41.0 Å². The van der Waals surface area contributed by atoms with E-state index >= 15 is 0 Å². The molecule has 0 aliphatic carbocycles. The van der Waals surface area contributed by atoms with E-state index in [1.165, 1.54) is 12.3 Å². The molecule has 1 N–H and O–H groups in total. The predicted molar refractivity (Wildman–Crippen MR) is 69.0 cm³/mol. The van der Waals surface area contributed by atoms with E-state index in [1.54, 1.807) is 0 Å². The van der Waals surface area contributed by atoms with Crippen LogP contribution < -0.4 is 4.90 Å². The van der Waals surface area contributed by atoms with Crippen LogP contribution in [-0.2, 0) is 6.54 Å². The quantitative estimate of drug-likeness (QED) is 0.899. The number of hydrogen-bond acceptors (Lipinski definition) is 3. The van der Waals surface area contributed by atoms with E-state index < -0.39 is 5.97 Å². The fourth-order valence-corrected chi connectivity index (χ4v) is 1.83. The van der Waals surface area contributed by atoms with E-state index in [0.717, 1.165) is 11.3 Å². The third kappa shape index (κ3) is 2.53. The zero-order valence-electron chi connectivity index (χ0n) is 10.4. The minimum atomic E-state index is -0.962. The molecule has 1 aromatic carbocycles. The lowest BCUT2D eigenvalue weighted by atomic mass is 10.2. The van der Waals surface area contributed by atoms with Gasteiger partial charge < -0.3 is 14.4 Å². The smallest absolute Gasteiger partial charge is 0.339 e. The maximum absolute atomic E-state index is 11.0. The van der Waals surface area contributed by atoms with E-state index in [4.69, 9.17) is 9.52 Å². The Kier molecular flexibility index (Phi) is 3.37. The number of carboxylic acids is 1. The van der Waals surface area contributed by atoms with Gasteiger partial charge in [0.05, 0.1) is 12.8 Å². The van der Waals surface area contributed by atoms with Crippen molar-refractivity contribution in [3.05, 3.63) is 53.5 Å². The average molecular weight is 245 g/mol. The summed E-state index contributed by atoms with van der Waals surface area (Å²) >= 11 is 0. The average Bonchev–Trinajstić information content (AvgIpc) is 2.77. The molecule has 2 aromatic rings. The van der Waals surface area contributed by atoms with Crippen molar-refractivity contribution in [2.45, 2.75) is 13.5 Å². The highest BCUT2D eigenvalue weighted by molar-refractivity contribution is 5.88. The summed E-state index contributed by atoms with van der Waals surface area (Å²) in [4.78, 5) is 12.9. The number of hydrogen-bond donors (Lipinski definition) is 1. The van der Waals surface area contributed by atoms with Gasteiger partial charge in [0, 0.05) is 12.7 Å². The Bertz CT molecular complexity index is 560. The van der Waals surface area contributed by atoms with Crippen molar-refractivity contribution >= 4 is 11.7 Å². The van der Waals surface area contributed by atoms with Gasteiger partial charge in [-0.15, -0.1) is 0 Å². The fraction of sp³-hybridized carbons (Fsp3) is 0.214. The summed E-state index contributed by atoms with van der Waals surface area (Å²) in [6.07, 6.45) is 1.41. The maximum atomic E-state index is 11.0. The van der Waals surface area contributed by atoms with Crippen LogP contribution >= 0.6 is 0 Å². The Morgan fingerprint density at radius 2 is 2.17 bits per heavy atom. The van der Waals surface area contributed by atoms with Crippen molar-refractivity contribution < 1.29 is 14.3 Å². The molecule has 0 unspecified atom stereocenters. The molecule has 4 heteroatoms. The predicted octanol–water partition coefficient (Wildman–Crippen LogP) is 2.92. The Balaban J connectivity index is 2.18. The van der Waals surface area contributed by atoms with Crippen molar-refractivity contribution in [3.8, 4) is 0 Å². The number of rotatable bonds is 4. The third-order valence-corrected chi connectivity index (χ3v) is 2.80. The zero-order chi connectivity index (χ0) is 13.1. The van der Waals surface area contributed by atoms with E-state index in [1.807, 2.05) is 43.1 Å². The Morgan fingerprint density at radius 3 is 2.83 bits per heavy atom. The molecule has 0 saturated carbocycles. The van der Waals surface area contributed by atoms with E-state index in [0.29, 0.717) is 12.3 Å². The van der Waals surface area contributed by atoms with Gasteiger partial charge in [0.25, 0.3) is 0 Å². The van der Waals surface area contributed by atoms with Gasteiger partial charge in [0.2, 0.25) is 0 Å². The lowest BCUT2D eigenvalue weighted by molar-refractivity contribution is 0.0694. The Hall–Kier alpha value is -2.23. The zero-order valence-corrected chi connectivity index (χ0v) is 10.4. The fourth-order valence-electron chi connectivity index (χ4n) is 1.83. The molecule has 0 spiro atoms. The van der Waals surface area contributed by atoms with Gasteiger partial charge in [-0.05, 0) is 30.7 Å². The van der Waals surface area contributed by atoms with Gasteiger partial charge in [0.1, 0.15) is 11.3 Å². The number of carbonyl (C=O) groups is 1. The summed E-state index contributed by atoms with van der Waals surface area (Å²) in [5.41, 5.74) is 2.41. The first-order valence-corrected chi connectivity index (χ1v) is 5.65. The molecule has 0 fully saturated rings. The van der Waals surface area contributed by atoms with Gasteiger partial charge >= 0.3 is 5.97 Å². The second kappa shape index (κ2) is 4.96. The molecule has 0 bridgehead atoms. The van der Waals surface area contributed by atoms with E-state index in [9.17, 15) is 4.79 Å². The van der Waals surface area contributed by atoms with Crippen LogP contribution in [0, 0.1) is 6.92 Å². The van der Waals surface area contributed by atoms with E-state index in [2.05, 4.69) is 0 Å². The summed E-state index contributed by atoms with van der Waals surface area (Å²) in [6, 6.07) is 9.50. The summed E-state index contributed by atoms with van der Waals surface area (Å²) in [5, 5.41) is 9.00. The van der Waals surface area contributed by atoms with Gasteiger partial charge in [0.15, 0.2) is 0 Å². The highest BCUT2D eigenvalue weighted by Gasteiger charge is 2.15. The largest absolute Gasteiger partial charge is 0.478 e. The Morgan fingerprint density at radius 1 is 1.39 bits per heavy atom. The second-order valence-corrected chi connectivity index (χ2v) is 4.26. The van der Waals surface area contributed by atoms with Crippen LogP contribution in [0.2, 0.25) is 0 Å². The highest BCUT2D eigenvalue weighted by Crippen LogP contribution is 2.19. The van der Waals surface area contributed by atoms with Crippen LogP contribution in [0.5, 0.6) is 0 Å². The van der Waals surface area contributed by atoms with Gasteiger partial charge in [-0.25, -0.2) is 4.79 Å². The van der Waals surface area contributed by atoms with Gasteiger partial charge in [-0.2, -0.15) is 0 Å². The summed E-state index contributed by atoms with van der Waals surface area (Å²) in [7, 11) is 1.91. The van der Waals surface area contributed by atoms with Crippen LogP contribution in [0.25, 0.3) is 0 Å². The summed E-state index contributed by atoms with van der Waals surface area (Å²) in [6.45, 7) is 2.45. The normalized spacial score (nSPS) is 10.3. The van der Waals surface area contributed by atoms with E-state index in [-0.39, 0.29) is 5.56 Å². The van der Waals surface area contributed by atoms with Crippen molar-refractivity contribution in [1.29, 1.82) is 0 Å². The molecule has 0 atom stereocenters. The molecule has 0 aliphatic heterocycles. The number of benzene rings is 1. The van der Waals surface area contributed by atoms with Crippen LogP contribution in [0.4, 0.5) is 5.69 Å². The van der Waals surface area contributed by atoms with Crippen LogP contribution in [0.1, 0.15) is 21.7 Å². The van der Waals surface area contributed by atoms with Crippen molar-refractivity contribution in [2.75, 3.05) is 11.9 Å². The molecule has 18 heavy (non-hydrogen) atoms. The number of carboxylic acid groups (broad SMARTS) is 1. The molecule has 2 rings (SSSR count). The molecule has 94 valence electrons. The number of nitrogens with zero attached hydrogens (tertiary/aromatic N) is 1. The molecular formula is C14H15NO3.